The minimum Gasteiger partial charge on any atom is -0.462 e. The molecule has 1 aliphatic heterocycles. The molecule has 2 unspecified atom stereocenters. The van der Waals surface area contributed by atoms with E-state index in [0.717, 1.165) is 28.6 Å². The standard InChI is InChI=1S/C22H28ClFN3O9P/c1-12(2)34-19(30)13(3)27(37(32)36-15-8-6-5-7-14(15)23)33-11-16-18(29)22(4,24)20(35-16)26-10-9-17(28)25-21(26)31/h5-10,12-13,16,18,20,29,37H,11H2,1-4H3,(H,25,28,31)/t13?,16-,18-,20-,22-/m1/s1. The van der Waals surface area contributed by atoms with Crippen molar-refractivity contribution in [1.82, 2.24) is 14.4 Å². The van der Waals surface area contributed by atoms with Gasteiger partial charge in [0.05, 0.1) is 17.7 Å². The number of esters is 1. The number of ether oxygens (including phenoxy) is 2. The third-order valence-corrected chi connectivity index (χ3v) is 7.04. The Bertz CT molecular complexity index is 1250. The molecule has 0 bridgehead atoms. The molecule has 1 aromatic heterocycles. The van der Waals surface area contributed by atoms with Crippen LogP contribution in [0.15, 0.2) is 46.1 Å². The van der Waals surface area contributed by atoms with Gasteiger partial charge in [0.15, 0.2) is 11.9 Å². The molecule has 2 N–H and O–H groups in total. The molecule has 0 radical (unpaired) electrons. The van der Waals surface area contributed by atoms with Gasteiger partial charge >= 0.3 is 19.8 Å². The van der Waals surface area contributed by atoms with Crippen LogP contribution in [-0.4, -0.2) is 62.1 Å². The second kappa shape index (κ2) is 11.9. The first-order chi connectivity index (χ1) is 17.3. The summed E-state index contributed by atoms with van der Waals surface area (Å²) >= 11 is 6.07. The number of aliphatic hydroxyl groups is 1. The number of aliphatic hydroxyl groups excluding tert-OH is 1. The van der Waals surface area contributed by atoms with Crippen LogP contribution in [0.5, 0.6) is 5.75 Å². The summed E-state index contributed by atoms with van der Waals surface area (Å²) in [7, 11) is -3.34. The predicted octanol–water partition coefficient (Wildman–Crippen LogP) is 2.22. The first kappa shape index (κ1) is 29.0. The van der Waals surface area contributed by atoms with Crippen LogP contribution >= 0.6 is 19.8 Å². The maximum atomic E-state index is 15.5. The maximum absolute atomic E-state index is 15.5. The van der Waals surface area contributed by atoms with Crippen molar-refractivity contribution in [2.24, 2.45) is 0 Å². The van der Waals surface area contributed by atoms with Crippen LogP contribution in [-0.2, 0) is 23.7 Å². The Hall–Kier alpha value is -2.54. The lowest BCUT2D eigenvalue weighted by Crippen LogP contribution is -2.44. The van der Waals surface area contributed by atoms with E-state index in [1.54, 1.807) is 26.0 Å². The first-order valence-corrected chi connectivity index (χ1v) is 12.9. The van der Waals surface area contributed by atoms with Crippen molar-refractivity contribution in [1.29, 1.82) is 0 Å². The molecule has 3 rings (SSSR count). The van der Waals surface area contributed by atoms with Crippen molar-refractivity contribution in [3.8, 4) is 5.75 Å². The van der Waals surface area contributed by atoms with Crippen molar-refractivity contribution < 1.29 is 37.7 Å². The van der Waals surface area contributed by atoms with Gasteiger partial charge in [-0.25, -0.2) is 9.18 Å². The van der Waals surface area contributed by atoms with E-state index in [1.165, 1.54) is 19.1 Å². The Morgan fingerprint density at radius 2 is 2.00 bits per heavy atom. The zero-order valence-electron chi connectivity index (χ0n) is 20.4. The van der Waals surface area contributed by atoms with Crippen LogP contribution < -0.4 is 15.8 Å². The van der Waals surface area contributed by atoms with Crippen LogP contribution in [0.3, 0.4) is 0 Å². The molecule has 15 heteroatoms. The third-order valence-electron chi connectivity index (χ3n) is 5.46. The van der Waals surface area contributed by atoms with E-state index in [9.17, 15) is 24.1 Å². The lowest BCUT2D eigenvalue weighted by Gasteiger charge is -2.28. The zero-order valence-corrected chi connectivity index (χ0v) is 22.2. The quantitative estimate of drug-likeness (QED) is 0.250. The fourth-order valence-corrected chi connectivity index (χ4v) is 4.83. The SMILES string of the molecule is CC(C)OC(=O)C(C)N(OC[C@H]1O[C@@H](n2ccc(=O)[nH]c2=O)[C@](C)(F)[C@@H]1O)[PH](=O)Oc1ccccc1Cl. The number of nitrogens with one attached hydrogen (secondary N) is 1. The highest BCUT2D eigenvalue weighted by Gasteiger charge is 2.55. The number of hydrogen-bond acceptors (Lipinski definition) is 9. The molecule has 2 aromatic rings. The van der Waals surface area contributed by atoms with Gasteiger partial charge in [-0.05, 0) is 39.8 Å². The fraction of sp³-hybridized carbons (Fsp3) is 0.500. The first-order valence-electron chi connectivity index (χ1n) is 11.3. The largest absolute Gasteiger partial charge is 0.462 e. The molecule has 1 fully saturated rings. The second-order valence-electron chi connectivity index (χ2n) is 8.72. The maximum Gasteiger partial charge on any atom is 0.331 e. The van der Waals surface area contributed by atoms with Crippen molar-refractivity contribution in [2.45, 2.75) is 63.9 Å². The topological polar surface area (TPSA) is 149 Å². The Labute approximate surface area is 216 Å². The molecule has 204 valence electrons. The molecule has 1 aliphatic rings. The number of hydrogen-bond donors (Lipinski definition) is 2. The number of H-pyrrole nitrogens is 1. The highest BCUT2D eigenvalue weighted by atomic mass is 35.5. The summed E-state index contributed by atoms with van der Waals surface area (Å²) < 4.78 is 45.5. The minimum atomic E-state index is -3.34. The van der Waals surface area contributed by atoms with Gasteiger partial charge in [0.2, 0.25) is 0 Å². The van der Waals surface area contributed by atoms with E-state index in [2.05, 4.69) is 0 Å². The highest BCUT2D eigenvalue weighted by Crippen LogP contribution is 2.42. The van der Waals surface area contributed by atoms with Gasteiger partial charge in [-0.1, -0.05) is 28.6 Å². The van der Waals surface area contributed by atoms with Gasteiger partial charge < -0.3 is 19.1 Å². The molecule has 12 nitrogen and oxygen atoms in total. The van der Waals surface area contributed by atoms with Crippen molar-refractivity contribution in [2.75, 3.05) is 6.61 Å². The van der Waals surface area contributed by atoms with Crippen LogP contribution in [0, 0.1) is 0 Å². The van der Waals surface area contributed by atoms with E-state index >= 15 is 4.39 Å². The molecular weight excluding hydrogens is 536 g/mol. The summed E-state index contributed by atoms with van der Waals surface area (Å²) in [6.07, 6.45) is -4.24. The van der Waals surface area contributed by atoms with Gasteiger partial charge in [0.25, 0.3) is 5.56 Å². The van der Waals surface area contributed by atoms with E-state index < -0.39 is 68.3 Å². The predicted molar refractivity (Wildman–Crippen MR) is 130 cm³/mol. The normalized spacial score (nSPS) is 25.3. The van der Waals surface area contributed by atoms with Crippen LogP contribution in [0.25, 0.3) is 0 Å². The number of aromatic amines is 1. The second-order valence-corrected chi connectivity index (χ2v) is 10.3. The van der Waals surface area contributed by atoms with Gasteiger partial charge in [-0.2, -0.15) is 0 Å². The smallest absolute Gasteiger partial charge is 0.331 e. The Morgan fingerprint density at radius 3 is 2.62 bits per heavy atom. The number of nitrogens with zero attached hydrogens (tertiary/aromatic N) is 2. The molecule has 2 heterocycles. The molecule has 0 spiro atoms. The van der Waals surface area contributed by atoms with Crippen molar-refractivity contribution >= 4 is 25.7 Å². The molecule has 1 aromatic carbocycles. The highest BCUT2D eigenvalue weighted by molar-refractivity contribution is 7.36. The Balaban J connectivity index is 1.81. The number of aromatic nitrogens is 2. The average Bonchev–Trinajstić information content (AvgIpc) is 3.03. The number of carbonyl (C=O) groups is 1. The van der Waals surface area contributed by atoms with E-state index in [1.807, 2.05) is 4.98 Å². The summed E-state index contributed by atoms with van der Waals surface area (Å²) in [5.41, 5.74) is -4.12. The van der Waals surface area contributed by atoms with Gasteiger partial charge in [-0.15, -0.1) is 0 Å². The van der Waals surface area contributed by atoms with E-state index in [4.69, 9.17) is 30.4 Å². The fourth-order valence-electron chi connectivity index (χ4n) is 3.53. The number of alkyl halides is 1. The van der Waals surface area contributed by atoms with Gasteiger partial charge in [0.1, 0.15) is 24.0 Å². The van der Waals surface area contributed by atoms with E-state index in [-0.39, 0.29) is 10.8 Å². The van der Waals surface area contributed by atoms with Gasteiger partial charge in [0, 0.05) is 12.3 Å². The molecule has 1 saturated heterocycles. The summed E-state index contributed by atoms with van der Waals surface area (Å²) in [6.45, 7) is 5.04. The van der Waals surface area contributed by atoms with Crippen molar-refractivity contribution in [3.63, 3.8) is 0 Å². The number of carbonyl (C=O) groups excluding carboxylic acids is 1. The molecule has 0 amide bonds. The summed E-state index contributed by atoms with van der Waals surface area (Å²) in [5, 5.41) is 10.7. The summed E-state index contributed by atoms with van der Waals surface area (Å²) in [5.74, 6) is -0.714. The lowest BCUT2D eigenvalue weighted by atomic mass is 9.98. The molecular formula is C22H28ClFN3O9P. The Kier molecular flexibility index (Phi) is 9.32. The number of benzene rings is 1. The molecule has 6 atom stereocenters. The monoisotopic (exact) mass is 563 g/mol. The zero-order chi connectivity index (χ0) is 27.5. The number of hydroxylamine groups is 1. The third kappa shape index (κ3) is 6.67. The van der Waals surface area contributed by atoms with Crippen LogP contribution in [0.1, 0.15) is 33.9 Å². The number of rotatable bonds is 10. The number of halogens is 2. The summed E-state index contributed by atoms with van der Waals surface area (Å²) in [6, 6.07) is 5.97. The summed E-state index contributed by atoms with van der Waals surface area (Å²) in [4.78, 5) is 44.3. The lowest BCUT2D eigenvalue weighted by molar-refractivity contribution is -0.183. The van der Waals surface area contributed by atoms with Gasteiger partial charge in [-0.3, -0.25) is 28.5 Å². The van der Waals surface area contributed by atoms with E-state index in [0.29, 0.717) is 0 Å². The minimum absolute atomic E-state index is 0.0667. The number of para-hydroxylation sites is 1. The molecule has 37 heavy (non-hydrogen) atoms. The van der Waals surface area contributed by atoms with Crippen LogP contribution in [0.2, 0.25) is 5.02 Å². The average molecular weight is 564 g/mol. The van der Waals surface area contributed by atoms with Crippen LogP contribution in [0.4, 0.5) is 4.39 Å². The van der Waals surface area contributed by atoms with Crippen molar-refractivity contribution in [3.05, 3.63) is 62.4 Å². The molecule has 0 saturated carbocycles. The Morgan fingerprint density at radius 1 is 1.32 bits per heavy atom. The molecule has 0 aliphatic carbocycles.